The number of nitrogens with one attached hydrogen (secondary N) is 1. The molecule has 0 aromatic carbocycles. The number of ketones is 1. The van der Waals surface area contributed by atoms with E-state index in [9.17, 15) is 24.0 Å². The highest BCUT2D eigenvalue weighted by atomic mass is 32.1. The number of aromatic nitrogens is 1. The van der Waals surface area contributed by atoms with Gasteiger partial charge in [-0.15, -0.1) is 0 Å². The fourth-order valence-electron chi connectivity index (χ4n) is 3.45. The van der Waals surface area contributed by atoms with Gasteiger partial charge in [-0.2, -0.15) is 11.3 Å². The highest BCUT2D eigenvalue weighted by Gasteiger charge is 2.52. The summed E-state index contributed by atoms with van der Waals surface area (Å²) in [6.45, 7) is 4.26. The Hall–Kier alpha value is -3.36. The van der Waals surface area contributed by atoms with Gasteiger partial charge in [-0.1, -0.05) is 11.3 Å². The molecule has 1 saturated heterocycles. The van der Waals surface area contributed by atoms with Gasteiger partial charge in [0.05, 0.1) is 11.1 Å². The summed E-state index contributed by atoms with van der Waals surface area (Å²) in [5.41, 5.74) is 0.516. The summed E-state index contributed by atoms with van der Waals surface area (Å²) in [7, 11) is 0. The SMILES string of the molecule is CC(=O)OC[C@H]1O[C@@H](Nc2ncc(C(=O)c3ccsc3)s2)[C@@H](OC(C)=O)[C@@H](OC(C)=O)[C@@H]1OC(C)=O. The molecule has 1 aliphatic heterocycles. The van der Waals surface area contributed by atoms with Crippen LogP contribution in [0.25, 0.3) is 0 Å². The van der Waals surface area contributed by atoms with Crippen molar-refractivity contribution in [3.05, 3.63) is 33.5 Å². The fraction of sp³-hybridized carbons (Fsp3) is 0.455. The molecular formula is C22H24N2O10S2. The van der Waals surface area contributed by atoms with E-state index in [-0.39, 0.29) is 17.5 Å². The first kappa shape index (κ1) is 27.2. The van der Waals surface area contributed by atoms with Crippen LogP contribution in [-0.4, -0.2) is 71.9 Å². The van der Waals surface area contributed by atoms with Crippen molar-refractivity contribution in [3.8, 4) is 0 Å². The van der Waals surface area contributed by atoms with Crippen molar-refractivity contribution in [2.75, 3.05) is 11.9 Å². The van der Waals surface area contributed by atoms with Gasteiger partial charge in [-0.05, 0) is 11.4 Å². The summed E-state index contributed by atoms with van der Waals surface area (Å²) in [4.78, 5) is 64.2. The minimum absolute atomic E-state index is 0.219. The van der Waals surface area contributed by atoms with Crippen LogP contribution < -0.4 is 5.32 Å². The second-order valence-electron chi connectivity index (χ2n) is 7.64. The van der Waals surface area contributed by atoms with Gasteiger partial charge in [0.15, 0.2) is 29.7 Å². The van der Waals surface area contributed by atoms with Gasteiger partial charge in [0.25, 0.3) is 0 Å². The molecule has 3 rings (SSSR count). The number of nitrogens with zero attached hydrogens (tertiary/aromatic N) is 1. The van der Waals surface area contributed by atoms with E-state index in [1.54, 1.807) is 16.8 Å². The molecule has 5 atom stereocenters. The number of carbonyl (C=O) groups excluding carboxylic acids is 5. The van der Waals surface area contributed by atoms with Crippen LogP contribution in [0.15, 0.2) is 23.0 Å². The average molecular weight is 541 g/mol. The summed E-state index contributed by atoms with van der Waals surface area (Å²) >= 11 is 2.42. The predicted molar refractivity (Wildman–Crippen MR) is 125 cm³/mol. The largest absolute Gasteiger partial charge is 0.463 e. The van der Waals surface area contributed by atoms with Crippen molar-refractivity contribution in [1.82, 2.24) is 4.98 Å². The van der Waals surface area contributed by atoms with Gasteiger partial charge in [-0.25, -0.2) is 4.98 Å². The number of carbonyl (C=O) groups is 5. The van der Waals surface area contributed by atoms with Gasteiger partial charge in [0, 0.05) is 38.6 Å². The fourth-order valence-corrected chi connectivity index (χ4v) is 4.89. The van der Waals surface area contributed by atoms with Crippen molar-refractivity contribution in [2.45, 2.75) is 58.3 Å². The van der Waals surface area contributed by atoms with Crippen molar-refractivity contribution < 1.29 is 47.7 Å². The zero-order valence-corrected chi connectivity index (χ0v) is 21.4. The van der Waals surface area contributed by atoms with E-state index in [0.717, 1.165) is 32.1 Å². The van der Waals surface area contributed by atoms with Crippen LogP contribution in [0.4, 0.5) is 5.13 Å². The molecule has 0 radical (unpaired) electrons. The Morgan fingerprint density at radius 2 is 1.58 bits per heavy atom. The van der Waals surface area contributed by atoms with E-state index in [0.29, 0.717) is 10.4 Å². The maximum absolute atomic E-state index is 12.6. The molecule has 1 N–H and O–H groups in total. The van der Waals surface area contributed by atoms with E-state index in [2.05, 4.69) is 10.3 Å². The van der Waals surface area contributed by atoms with E-state index >= 15 is 0 Å². The molecule has 0 saturated carbocycles. The lowest BCUT2D eigenvalue weighted by Gasteiger charge is -2.44. The smallest absolute Gasteiger partial charge is 0.303 e. The van der Waals surface area contributed by atoms with Gasteiger partial charge < -0.3 is 29.0 Å². The van der Waals surface area contributed by atoms with E-state index in [4.69, 9.17) is 23.7 Å². The first-order chi connectivity index (χ1) is 17.0. The Bertz CT molecular complexity index is 1120. The van der Waals surface area contributed by atoms with Crippen LogP contribution in [0.3, 0.4) is 0 Å². The third-order valence-electron chi connectivity index (χ3n) is 4.77. The number of thiazole rings is 1. The van der Waals surface area contributed by atoms with Crippen molar-refractivity contribution >= 4 is 57.5 Å². The minimum Gasteiger partial charge on any atom is -0.463 e. The highest BCUT2D eigenvalue weighted by Crippen LogP contribution is 2.31. The molecule has 1 aliphatic rings. The highest BCUT2D eigenvalue weighted by molar-refractivity contribution is 7.17. The molecule has 12 nitrogen and oxygen atoms in total. The molecule has 1 fully saturated rings. The minimum atomic E-state index is -1.31. The van der Waals surface area contributed by atoms with E-state index < -0.39 is 54.5 Å². The summed E-state index contributed by atoms with van der Waals surface area (Å²) in [6, 6.07) is 1.69. The quantitative estimate of drug-likeness (QED) is 0.280. The summed E-state index contributed by atoms with van der Waals surface area (Å²) in [5.74, 6) is -3.02. The maximum Gasteiger partial charge on any atom is 0.303 e. The van der Waals surface area contributed by atoms with Crippen LogP contribution in [0.1, 0.15) is 42.9 Å². The van der Waals surface area contributed by atoms with E-state index in [1.165, 1.54) is 24.5 Å². The monoisotopic (exact) mass is 540 g/mol. The number of hydrogen-bond acceptors (Lipinski definition) is 14. The molecule has 3 heterocycles. The van der Waals surface area contributed by atoms with Crippen LogP contribution in [0.5, 0.6) is 0 Å². The molecule has 2 aromatic rings. The molecule has 0 bridgehead atoms. The van der Waals surface area contributed by atoms with Crippen molar-refractivity contribution in [1.29, 1.82) is 0 Å². The Balaban J connectivity index is 1.92. The number of thiophene rings is 1. The van der Waals surface area contributed by atoms with Gasteiger partial charge >= 0.3 is 23.9 Å². The molecular weight excluding hydrogens is 516 g/mol. The number of ether oxygens (including phenoxy) is 5. The first-order valence-electron chi connectivity index (χ1n) is 10.6. The van der Waals surface area contributed by atoms with Crippen LogP contribution in [-0.2, 0) is 42.9 Å². The first-order valence-corrected chi connectivity index (χ1v) is 12.4. The zero-order chi connectivity index (χ0) is 26.4. The molecule has 14 heteroatoms. The number of rotatable bonds is 9. The van der Waals surface area contributed by atoms with Gasteiger partial charge in [-0.3, -0.25) is 24.0 Å². The number of esters is 4. The van der Waals surface area contributed by atoms with Crippen LogP contribution >= 0.6 is 22.7 Å². The molecule has 0 aliphatic carbocycles. The number of hydrogen-bond donors (Lipinski definition) is 1. The lowest BCUT2D eigenvalue weighted by molar-refractivity contribution is -0.247. The van der Waals surface area contributed by atoms with Gasteiger partial charge in [0.1, 0.15) is 12.7 Å². The summed E-state index contributed by atoms with van der Waals surface area (Å²) in [5, 5.41) is 6.68. The normalized spacial score (nSPS) is 23.3. The molecule has 36 heavy (non-hydrogen) atoms. The van der Waals surface area contributed by atoms with Gasteiger partial charge in [0.2, 0.25) is 5.78 Å². The molecule has 0 amide bonds. The van der Waals surface area contributed by atoms with Crippen LogP contribution in [0, 0.1) is 0 Å². The number of anilines is 1. The molecule has 194 valence electrons. The average Bonchev–Trinajstić information content (AvgIpc) is 3.47. The lowest BCUT2D eigenvalue weighted by Crippen LogP contribution is -2.64. The van der Waals surface area contributed by atoms with Crippen molar-refractivity contribution in [2.24, 2.45) is 0 Å². The second kappa shape index (κ2) is 12.1. The third-order valence-corrected chi connectivity index (χ3v) is 6.38. The lowest BCUT2D eigenvalue weighted by atomic mass is 9.97. The third kappa shape index (κ3) is 7.08. The van der Waals surface area contributed by atoms with Crippen LogP contribution in [0.2, 0.25) is 0 Å². The molecule has 2 aromatic heterocycles. The van der Waals surface area contributed by atoms with Crippen molar-refractivity contribution in [3.63, 3.8) is 0 Å². The Labute approximate surface area is 213 Å². The maximum atomic E-state index is 12.6. The second-order valence-corrected chi connectivity index (χ2v) is 9.45. The zero-order valence-electron chi connectivity index (χ0n) is 19.7. The molecule has 0 spiro atoms. The summed E-state index contributed by atoms with van der Waals surface area (Å²) in [6.07, 6.45) is -4.75. The standard InChI is InChI=1S/C22H24N2O10S2/c1-10(25)30-8-15-18(31-11(2)26)19(32-12(3)27)20(33-13(4)28)21(34-15)24-22-23-7-16(36-22)17(29)14-5-6-35-9-14/h5-7,9,15,18-21H,8H2,1-4H3,(H,23,24)/t15-,18-,19+,20+,21-/m1/s1. The topological polar surface area (TPSA) is 156 Å². The summed E-state index contributed by atoms with van der Waals surface area (Å²) < 4.78 is 27.1. The Morgan fingerprint density at radius 1 is 0.944 bits per heavy atom. The Morgan fingerprint density at radius 3 is 2.17 bits per heavy atom. The van der Waals surface area contributed by atoms with E-state index in [1.807, 2.05) is 0 Å². The Kier molecular flexibility index (Phi) is 9.12. The predicted octanol–water partition coefficient (Wildman–Crippen LogP) is 1.93. The molecule has 0 unspecified atom stereocenters.